The van der Waals surface area contributed by atoms with Crippen molar-refractivity contribution in [2.75, 3.05) is 19.7 Å². The summed E-state index contributed by atoms with van der Waals surface area (Å²) in [6.45, 7) is -0.0833. The highest BCUT2D eigenvalue weighted by atomic mass is 16.4. The van der Waals surface area contributed by atoms with Crippen molar-refractivity contribution in [1.29, 1.82) is 0 Å². The van der Waals surface area contributed by atoms with E-state index in [1.165, 1.54) is 0 Å². The molecular weight excluding hydrogens is 452 g/mol. The molecule has 0 saturated heterocycles. The van der Waals surface area contributed by atoms with Crippen LogP contribution in [-0.2, 0) is 24.0 Å². The molecule has 0 aliphatic carbocycles. The third kappa shape index (κ3) is 13.0. The zero-order chi connectivity index (χ0) is 26.1. The van der Waals surface area contributed by atoms with Gasteiger partial charge in [-0.05, 0) is 51.6 Å². The van der Waals surface area contributed by atoms with Crippen molar-refractivity contribution in [1.82, 2.24) is 16.0 Å². The number of unbranched alkanes of at least 4 members (excludes halogenated alkanes) is 2. The molecule has 196 valence electrons. The molecule has 0 aliphatic heterocycles. The van der Waals surface area contributed by atoms with Crippen LogP contribution in [0.3, 0.4) is 0 Å². The summed E-state index contributed by atoms with van der Waals surface area (Å²) in [6.07, 6.45) is 2.08. The quantitative estimate of drug-likeness (QED) is 0.0822. The lowest BCUT2D eigenvalue weighted by Gasteiger charge is -2.25. The first-order chi connectivity index (χ1) is 16.1. The summed E-state index contributed by atoms with van der Waals surface area (Å²) in [5.74, 6) is -5.06. The third-order valence-corrected chi connectivity index (χ3v) is 4.96. The van der Waals surface area contributed by atoms with Crippen molar-refractivity contribution < 1.29 is 39.3 Å². The van der Waals surface area contributed by atoms with Gasteiger partial charge in [-0.15, -0.1) is 0 Å². The van der Waals surface area contributed by atoms with Gasteiger partial charge in [0.25, 0.3) is 0 Å². The zero-order valence-corrected chi connectivity index (χ0v) is 19.2. The Balaban J connectivity index is 5.41. The van der Waals surface area contributed by atoms with E-state index in [0.717, 1.165) is 0 Å². The number of carbonyl (C=O) groups excluding carboxylic acids is 3. The molecule has 0 aromatic rings. The number of carboxylic acid groups (broad SMARTS) is 2. The number of hydrogen-bond acceptors (Lipinski definition) is 9. The van der Waals surface area contributed by atoms with Crippen LogP contribution >= 0.6 is 0 Å². The number of amides is 3. The molecule has 0 heterocycles. The van der Waals surface area contributed by atoms with Gasteiger partial charge >= 0.3 is 11.9 Å². The Morgan fingerprint density at radius 3 is 1.62 bits per heavy atom. The number of hydrogen-bond donors (Lipinski definition) is 9. The Hall–Kier alpha value is -2.81. The molecular formula is C20H38N6O8. The molecule has 0 aliphatic rings. The van der Waals surface area contributed by atoms with Crippen LogP contribution in [0.4, 0.5) is 0 Å². The lowest BCUT2D eigenvalue weighted by Crippen LogP contribution is -2.57. The van der Waals surface area contributed by atoms with E-state index in [0.29, 0.717) is 45.2 Å². The number of nitrogens with two attached hydrogens (primary N) is 3. The number of carboxylic acids is 2. The number of rotatable bonds is 19. The van der Waals surface area contributed by atoms with Gasteiger partial charge in [0.2, 0.25) is 17.7 Å². The zero-order valence-electron chi connectivity index (χ0n) is 19.2. The van der Waals surface area contributed by atoms with Crippen molar-refractivity contribution in [3.8, 4) is 0 Å². The molecule has 4 unspecified atom stereocenters. The van der Waals surface area contributed by atoms with Gasteiger partial charge in [-0.1, -0.05) is 6.42 Å². The third-order valence-electron chi connectivity index (χ3n) is 4.96. The maximum Gasteiger partial charge on any atom is 0.328 e. The average Bonchev–Trinajstić information content (AvgIpc) is 2.78. The van der Waals surface area contributed by atoms with Gasteiger partial charge in [0.05, 0.1) is 12.6 Å². The molecule has 0 aromatic heterocycles. The van der Waals surface area contributed by atoms with E-state index in [9.17, 15) is 24.0 Å². The van der Waals surface area contributed by atoms with Crippen LogP contribution in [-0.4, -0.2) is 88.8 Å². The SMILES string of the molecule is NCCCCC(N)C(=O)NC(CCCCN)C(=O)NC(CCC(=O)O)C(=O)NC(CO)C(=O)O. The molecule has 0 bridgehead atoms. The first-order valence-corrected chi connectivity index (χ1v) is 11.2. The lowest BCUT2D eigenvalue weighted by atomic mass is 10.0. The summed E-state index contributed by atoms with van der Waals surface area (Å²) in [4.78, 5) is 59.9. The number of nitrogens with one attached hydrogen (secondary N) is 3. The Labute approximate surface area is 198 Å². The summed E-state index contributed by atoms with van der Waals surface area (Å²) in [5.41, 5.74) is 16.8. The molecule has 3 amide bonds. The smallest absolute Gasteiger partial charge is 0.328 e. The Morgan fingerprint density at radius 1 is 0.676 bits per heavy atom. The highest BCUT2D eigenvalue weighted by Gasteiger charge is 2.30. The summed E-state index contributed by atoms with van der Waals surface area (Å²) < 4.78 is 0. The van der Waals surface area contributed by atoms with Gasteiger partial charge in [-0.2, -0.15) is 0 Å². The summed E-state index contributed by atoms with van der Waals surface area (Å²) in [6, 6.07) is -5.00. The van der Waals surface area contributed by atoms with Crippen LogP contribution in [0.15, 0.2) is 0 Å². The predicted molar refractivity (Wildman–Crippen MR) is 121 cm³/mol. The Bertz CT molecular complexity index is 677. The minimum absolute atomic E-state index is 0.186. The van der Waals surface area contributed by atoms with Crippen molar-refractivity contribution in [2.45, 2.75) is 75.5 Å². The van der Waals surface area contributed by atoms with Gasteiger partial charge in [-0.3, -0.25) is 19.2 Å². The molecule has 0 radical (unpaired) electrons. The van der Waals surface area contributed by atoms with E-state index >= 15 is 0 Å². The molecule has 34 heavy (non-hydrogen) atoms. The monoisotopic (exact) mass is 490 g/mol. The molecule has 0 spiro atoms. The van der Waals surface area contributed by atoms with E-state index in [1.807, 2.05) is 5.32 Å². The second-order valence-electron chi connectivity index (χ2n) is 7.81. The summed E-state index contributed by atoms with van der Waals surface area (Å²) in [5, 5.41) is 34.0. The topological polar surface area (TPSA) is 260 Å². The van der Waals surface area contributed by atoms with Crippen LogP contribution in [0.25, 0.3) is 0 Å². The van der Waals surface area contributed by atoms with E-state index in [-0.39, 0.29) is 12.8 Å². The highest BCUT2D eigenvalue weighted by molar-refractivity contribution is 5.94. The minimum Gasteiger partial charge on any atom is -0.481 e. The van der Waals surface area contributed by atoms with Crippen LogP contribution in [0.1, 0.15) is 51.4 Å². The predicted octanol–water partition coefficient (Wildman–Crippen LogP) is -3.03. The molecule has 12 N–H and O–H groups in total. The molecule has 0 rings (SSSR count). The molecule has 0 aromatic carbocycles. The van der Waals surface area contributed by atoms with Crippen LogP contribution < -0.4 is 33.2 Å². The van der Waals surface area contributed by atoms with E-state index in [1.54, 1.807) is 0 Å². The van der Waals surface area contributed by atoms with E-state index in [2.05, 4.69) is 10.6 Å². The van der Waals surface area contributed by atoms with Crippen LogP contribution in [0.5, 0.6) is 0 Å². The fourth-order valence-electron chi connectivity index (χ4n) is 2.95. The van der Waals surface area contributed by atoms with Crippen LogP contribution in [0, 0.1) is 0 Å². The number of carbonyl (C=O) groups is 5. The van der Waals surface area contributed by atoms with Gasteiger partial charge in [-0.25, -0.2) is 4.79 Å². The van der Waals surface area contributed by atoms with Crippen molar-refractivity contribution in [3.63, 3.8) is 0 Å². The number of aliphatic hydroxyl groups is 1. The van der Waals surface area contributed by atoms with E-state index in [4.69, 9.17) is 32.5 Å². The minimum atomic E-state index is -1.64. The second-order valence-corrected chi connectivity index (χ2v) is 7.81. The second kappa shape index (κ2) is 17.6. The normalized spacial score (nSPS) is 14.4. The molecule has 14 nitrogen and oxygen atoms in total. The maximum absolute atomic E-state index is 12.9. The highest BCUT2D eigenvalue weighted by Crippen LogP contribution is 2.06. The van der Waals surface area contributed by atoms with Crippen molar-refractivity contribution >= 4 is 29.7 Å². The molecule has 14 heteroatoms. The van der Waals surface area contributed by atoms with Crippen molar-refractivity contribution in [2.24, 2.45) is 17.2 Å². The standard InChI is InChI=1S/C20H38N6O8/c21-9-3-1-5-12(23)17(30)24-13(6-2-4-10-22)18(31)25-14(7-8-16(28)29)19(32)26-15(11-27)20(33)34/h12-15,27H,1-11,21-23H2,(H,24,30)(H,25,31)(H,26,32)(H,28,29)(H,33,34). The number of aliphatic carboxylic acids is 2. The van der Waals surface area contributed by atoms with Gasteiger partial charge in [0.15, 0.2) is 0 Å². The average molecular weight is 491 g/mol. The molecule has 0 fully saturated rings. The maximum atomic E-state index is 12.9. The summed E-state index contributed by atoms with van der Waals surface area (Å²) >= 11 is 0. The van der Waals surface area contributed by atoms with Crippen LogP contribution in [0.2, 0.25) is 0 Å². The molecule has 4 atom stereocenters. The Morgan fingerprint density at radius 2 is 1.15 bits per heavy atom. The molecule has 0 saturated carbocycles. The van der Waals surface area contributed by atoms with Gasteiger partial charge < -0.3 is 48.5 Å². The fraction of sp³-hybridized carbons (Fsp3) is 0.750. The lowest BCUT2D eigenvalue weighted by molar-refractivity contribution is -0.144. The van der Waals surface area contributed by atoms with E-state index < -0.39 is 66.9 Å². The first-order valence-electron chi connectivity index (χ1n) is 11.2. The summed E-state index contributed by atoms with van der Waals surface area (Å²) in [7, 11) is 0. The number of aliphatic hydroxyl groups excluding tert-OH is 1. The largest absolute Gasteiger partial charge is 0.481 e. The fourth-order valence-corrected chi connectivity index (χ4v) is 2.95. The van der Waals surface area contributed by atoms with Gasteiger partial charge in [0, 0.05) is 6.42 Å². The first kappa shape index (κ1) is 31.2. The van der Waals surface area contributed by atoms with Gasteiger partial charge in [0.1, 0.15) is 18.1 Å². The van der Waals surface area contributed by atoms with Crippen molar-refractivity contribution in [3.05, 3.63) is 0 Å². The Kier molecular flexibility index (Phi) is 16.2.